The molecule has 17 heavy (non-hydrogen) atoms. The molecule has 6 nitrogen and oxygen atoms in total. The van der Waals surface area contributed by atoms with Crippen LogP contribution in [0.4, 0.5) is 5.95 Å². The van der Waals surface area contributed by atoms with Crippen LogP contribution < -0.4 is 11.2 Å². The number of anilines is 1. The molecule has 1 aliphatic heterocycles. The number of ether oxygens (including phenoxy) is 1. The van der Waals surface area contributed by atoms with Crippen LogP contribution in [0.5, 0.6) is 0 Å². The van der Waals surface area contributed by atoms with Gasteiger partial charge in [-0.1, -0.05) is 12.2 Å². The Bertz CT molecular complexity index is 419. The Hall–Kier alpha value is -1.31. The van der Waals surface area contributed by atoms with Gasteiger partial charge in [-0.3, -0.25) is 5.43 Å². The molecule has 0 bridgehead atoms. The molecule has 0 atom stereocenters. The van der Waals surface area contributed by atoms with E-state index in [-0.39, 0.29) is 4.99 Å². The number of aromatic nitrogens is 2. The van der Waals surface area contributed by atoms with E-state index in [0.29, 0.717) is 24.9 Å². The van der Waals surface area contributed by atoms with Crippen molar-refractivity contribution in [1.29, 1.82) is 0 Å². The van der Waals surface area contributed by atoms with Crippen molar-refractivity contribution in [3.8, 4) is 0 Å². The highest BCUT2D eigenvalue weighted by Crippen LogP contribution is 2.07. The molecule has 7 heteroatoms. The summed E-state index contributed by atoms with van der Waals surface area (Å²) in [4.78, 5) is 8.82. The van der Waals surface area contributed by atoms with Crippen molar-refractivity contribution >= 4 is 23.2 Å². The van der Waals surface area contributed by atoms with Gasteiger partial charge in [-0.25, -0.2) is 15.0 Å². The molecule has 1 fully saturated rings. The first-order valence-corrected chi connectivity index (χ1v) is 5.81. The van der Waals surface area contributed by atoms with Gasteiger partial charge in [-0.2, -0.15) is 0 Å². The lowest BCUT2D eigenvalue weighted by Gasteiger charge is -2.27. The zero-order chi connectivity index (χ0) is 12.3. The van der Waals surface area contributed by atoms with Crippen LogP contribution in [0.3, 0.4) is 0 Å². The fourth-order valence-corrected chi connectivity index (χ4v) is 1.67. The number of hydrogen-bond acceptors (Lipinski definition) is 6. The predicted octanol–water partition coefficient (Wildman–Crippen LogP) is 0.0783. The lowest BCUT2D eigenvalue weighted by atomic mass is 10.3. The fourth-order valence-electron chi connectivity index (χ4n) is 1.56. The van der Waals surface area contributed by atoms with Gasteiger partial charge in [0, 0.05) is 18.8 Å². The molecule has 0 radical (unpaired) electrons. The number of hydrogen-bond donors (Lipinski definition) is 2. The van der Waals surface area contributed by atoms with Gasteiger partial charge < -0.3 is 10.5 Å². The summed E-state index contributed by atoms with van der Waals surface area (Å²) in [7, 11) is 0. The molecule has 0 unspecified atom stereocenters. The Balaban J connectivity index is 2.11. The normalized spacial score (nSPS) is 16.8. The van der Waals surface area contributed by atoms with Crippen LogP contribution in [0.1, 0.15) is 11.4 Å². The standard InChI is InChI=1S/C10H15N5OS/c1-7-6-8(9(11)17)13-10(12-7)14-15-2-4-16-5-3-15/h6H,2-5H2,1H3,(H2,11,17)(H,12,13,14). The summed E-state index contributed by atoms with van der Waals surface area (Å²) in [6.45, 7) is 4.91. The van der Waals surface area contributed by atoms with Crippen molar-refractivity contribution in [2.45, 2.75) is 6.92 Å². The third-order valence-electron chi connectivity index (χ3n) is 2.38. The van der Waals surface area contributed by atoms with Crippen molar-refractivity contribution < 1.29 is 4.74 Å². The van der Waals surface area contributed by atoms with E-state index in [1.54, 1.807) is 6.07 Å². The quantitative estimate of drug-likeness (QED) is 0.739. The van der Waals surface area contributed by atoms with Crippen LogP contribution in [-0.4, -0.2) is 46.3 Å². The summed E-state index contributed by atoms with van der Waals surface area (Å²) < 4.78 is 5.26. The van der Waals surface area contributed by atoms with Gasteiger partial charge in [-0.05, 0) is 13.0 Å². The second-order valence-corrected chi connectivity index (χ2v) is 4.23. The van der Waals surface area contributed by atoms with Crippen molar-refractivity contribution in [3.05, 3.63) is 17.5 Å². The predicted molar refractivity (Wildman–Crippen MR) is 68.7 cm³/mol. The molecule has 1 aliphatic rings. The maximum absolute atomic E-state index is 5.56. The highest BCUT2D eigenvalue weighted by atomic mass is 32.1. The Morgan fingerprint density at radius 3 is 2.82 bits per heavy atom. The molecule has 1 aromatic rings. The summed E-state index contributed by atoms with van der Waals surface area (Å²) >= 11 is 4.91. The summed E-state index contributed by atoms with van der Waals surface area (Å²) in [5.74, 6) is 0.523. The zero-order valence-electron chi connectivity index (χ0n) is 9.64. The largest absolute Gasteiger partial charge is 0.388 e. The minimum Gasteiger partial charge on any atom is -0.388 e. The summed E-state index contributed by atoms with van der Waals surface area (Å²) in [5.41, 5.74) is 10.1. The number of morpholine rings is 1. The molecule has 3 N–H and O–H groups in total. The topological polar surface area (TPSA) is 76.3 Å². The SMILES string of the molecule is Cc1cc(C(N)=S)nc(NN2CCOCC2)n1. The van der Waals surface area contributed by atoms with Crippen molar-refractivity contribution in [2.75, 3.05) is 31.7 Å². The molecule has 2 rings (SSSR count). The number of nitrogens with two attached hydrogens (primary N) is 1. The average Bonchev–Trinajstić information content (AvgIpc) is 2.29. The van der Waals surface area contributed by atoms with Crippen molar-refractivity contribution in [1.82, 2.24) is 15.0 Å². The summed E-state index contributed by atoms with van der Waals surface area (Å²) in [5, 5.41) is 2.02. The van der Waals surface area contributed by atoms with E-state index in [0.717, 1.165) is 18.8 Å². The van der Waals surface area contributed by atoms with Gasteiger partial charge in [0.1, 0.15) is 10.7 Å². The van der Waals surface area contributed by atoms with Crippen molar-refractivity contribution in [3.63, 3.8) is 0 Å². The van der Waals surface area contributed by atoms with E-state index < -0.39 is 0 Å². The van der Waals surface area contributed by atoms with Gasteiger partial charge in [0.15, 0.2) is 0 Å². The van der Waals surface area contributed by atoms with Gasteiger partial charge in [0.05, 0.1) is 13.2 Å². The molecule has 92 valence electrons. The van der Waals surface area contributed by atoms with Crippen LogP contribution in [0.2, 0.25) is 0 Å². The average molecular weight is 253 g/mol. The smallest absolute Gasteiger partial charge is 0.238 e. The van der Waals surface area contributed by atoms with Crippen molar-refractivity contribution in [2.24, 2.45) is 5.73 Å². The molecule has 0 spiro atoms. The highest BCUT2D eigenvalue weighted by molar-refractivity contribution is 7.80. The Morgan fingerprint density at radius 2 is 2.18 bits per heavy atom. The molecule has 0 aliphatic carbocycles. The number of rotatable bonds is 3. The minimum atomic E-state index is 0.278. The van der Waals surface area contributed by atoms with Gasteiger partial charge in [0.2, 0.25) is 5.95 Å². The van der Waals surface area contributed by atoms with Crippen LogP contribution in [-0.2, 0) is 4.74 Å². The molecule has 0 saturated carbocycles. The molecule has 1 saturated heterocycles. The second kappa shape index (κ2) is 5.35. The monoisotopic (exact) mass is 253 g/mol. The van der Waals surface area contributed by atoms with Crippen LogP contribution >= 0.6 is 12.2 Å². The summed E-state index contributed by atoms with van der Waals surface area (Å²) in [6, 6.07) is 1.77. The number of nitrogens with one attached hydrogen (secondary N) is 1. The second-order valence-electron chi connectivity index (χ2n) is 3.79. The van der Waals surface area contributed by atoms with E-state index in [1.165, 1.54) is 0 Å². The summed E-state index contributed by atoms with van der Waals surface area (Å²) in [6.07, 6.45) is 0. The number of aryl methyl sites for hydroxylation is 1. The first-order valence-electron chi connectivity index (χ1n) is 5.40. The Morgan fingerprint density at radius 1 is 1.47 bits per heavy atom. The van der Waals surface area contributed by atoms with E-state index in [1.807, 2.05) is 11.9 Å². The first-order chi connectivity index (χ1) is 8.15. The number of hydrazine groups is 1. The third kappa shape index (κ3) is 3.32. The Kier molecular flexibility index (Phi) is 3.82. The lowest BCUT2D eigenvalue weighted by Crippen LogP contribution is -2.40. The number of nitrogens with zero attached hydrogens (tertiary/aromatic N) is 3. The molecular formula is C10H15N5OS. The molecule has 1 aromatic heterocycles. The van der Waals surface area contributed by atoms with Crippen LogP contribution in [0.15, 0.2) is 6.07 Å². The number of thiocarbonyl (C=S) groups is 1. The Labute approximate surface area is 105 Å². The van der Waals surface area contributed by atoms with Crippen LogP contribution in [0.25, 0.3) is 0 Å². The fraction of sp³-hybridized carbons (Fsp3) is 0.500. The zero-order valence-corrected chi connectivity index (χ0v) is 10.5. The molecule has 0 amide bonds. The third-order valence-corrected chi connectivity index (χ3v) is 2.59. The van der Waals surface area contributed by atoms with E-state index in [4.69, 9.17) is 22.7 Å². The first kappa shape index (κ1) is 12.2. The molecule has 2 heterocycles. The van der Waals surface area contributed by atoms with Gasteiger partial charge in [-0.15, -0.1) is 0 Å². The maximum atomic E-state index is 5.56. The lowest BCUT2D eigenvalue weighted by molar-refractivity contribution is 0.0492. The van der Waals surface area contributed by atoms with E-state index in [2.05, 4.69) is 15.4 Å². The maximum Gasteiger partial charge on any atom is 0.238 e. The van der Waals surface area contributed by atoms with Gasteiger partial charge in [0.25, 0.3) is 0 Å². The van der Waals surface area contributed by atoms with E-state index in [9.17, 15) is 0 Å². The van der Waals surface area contributed by atoms with Crippen LogP contribution in [0, 0.1) is 6.92 Å². The highest BCUT2D eigenvalue weighted by Gasteiger charge is 2.12. The van der Waals surface area contributed by atoms with E-state index >= 15 is 0 Å². The van der Waals surface area contributed by atoms with Gasteiger partial charge >= 0.3 is 0 Å². The molecule has 0 aromatic carbocycles. The minimum absolute atomic E-state index is 0.278. The molecular weight excluding hydrogens is 238 g/mol.